The number of hydrogen-bond donors (Lipinski definition) is 3. The molecule has 3 heterocycles. The number of aromatic hydroxyl groups is 1. The molecule has 0 unspecified atom stereocenters. The zero-order chi connectivity index (χ0) is 26.6. The van der Waals surface area contributed by atoms with Gasteiger partial charge in [0, 0.05) is 23.5 Å². The summed E-state index contributed by atoms with van der Waals surface area (Å²) in [5.74, 6) is -0.847. The standard InChI is InChI=1S/C9H19N.C6H4F3NO.C6H4F3N.4CH4.BHNS/c1-8(2)6-5-7-9(3,4)10-8;7-6(8,9)5-4(11)2-1-3-10-5;7-6(8,9)5-3-1-2-4-10-5;;;;;1-2-3/h10H,5-7H2,1-4H3;1-3,11H;1-4H;4*1H4;3H. The van der Waals surface area contributed by atoms with Gasteiger partial charge in [-0.1, -0.05) is 35.8 Å². The van der Waals surface area contributed by atoms with Crippen molar-refractivity contribution in [3.05, 3.63) is 54.1 Å². The summed E-state index contributed by atoms with van der Waals surface area (Å²) in [6, 6.07) is 5.84. The van der Waals surface area contributed by atoms with Gasteiger partial charge in [0.25, 0.3) is 0 Å². The van der Waals surface area contributed by atoms with E-state index in [-0.39, 0.29) is 29.7 Å². The number of piperidine rings is 1. The molecule has 0 spiro atoms. The number of nitrogens with one attached hydrogen (secondary N) is 1. The van der Waals surface area contributed by atoms with Gasteiger partial charge in [0.1, 0.15) is 11.4 Å². The van der Waals surface area contributed by atoms with Crippen LogP contribution in [0.3, 0.4) is 0 Å². The maximum absolute atomic E-state index is 11.8. The van der Waals surface area contributed by atoms with E-state index in [1.54, 1.807) is 0 Å². The fourth-order valence-electron chi connectivity index (χ4n) is 3.16. The molecule has 1 aliphatic rings. The average molecular weight is 574 g/mol. The van der Waals surface area contributed by atoms with Crippen LogP contribution in [0.25, 0.3) is 0 Å². The number of aromatic nitrogens is 2. The van der Waals surface area contributed by atoms with Gasteiger partial charge < -0.3 is 10.4 Å². The monoisotopic (exact) mass is 573 g/mol. The van der Waals surface area contributed by atoms with Crippen molar-refractivity contribution < 1.29 is 31.4 Å². The minimum absolute atomic E-state index is 0. The molecule has 13 heteroatoms. The van der Waals surface area contributed by atoms with Crippen LogP contribution in [0.1, 0.15) is 88.1 Å². The van der Waals surface area contributed by atoms with Crippen LogP contribution >= 0.6 is 12.8 Å². The topological polar surface area (TPSA) is 70.4 Å². The Kier molecular flexibility index (Phi) is 23.9. The second kappa shape index (κ2) is 19.9. The Bertz CT molecular complexity index is 853. The van der Waals surface area contributed by atoms with Crippen molar-refractivity contribution in [3.63, 3.8) is 0 Å². The van der Waals surface area contributed by atoms with E-state index in [0.717, 1.165) is 24.5 Å². The predicted molar refractivity (Wildman–Crippen MR) is 149 cm³/mol. The van der Waals surface area contributed by atoms with Crippen molar-refractivity contribution in [1.82, 2.24) is 15.3 Å². The first-order valence-corrected chi connectivity index (χ1v) is 10.4. The number of alkyl halides is 6. The summed E-state index contributed by atoms with van der Waals surface area (Å²) in [5.41, 5.74) is -1.38. The van der Waals surface area contributed by atoms with Gasteiger partial charge in [0.05, 0.1) is 0 Å². The Balaban J connectivity index is -0.000000130. The van der Waals surface area contributed by atoms with Crippen molar-refractivity contribution in [2.75, 3.05) is 0 Å². The summed E-state index contributed by atoms with van der Waals surface area (Å²) in [7, 11) is 4.34. The number of nitrogens with zero attached hydrogens (tertiary/aromatic N) is 3. The normalized spacial score (nSPS) is 14.6. The molecule has 2 aromatic heterocycles. The van der Waals surface area contributed by atoms with Gasteiger partial charge in [-0.3, -0.25) is 4.98 Å². The molecule has 1 aliphatic heterocycles. The van der Waals surface area contributed by atoms with Crippen LogP contribution < -0.4 is 5.32 Å². The van der Waals surface area contributed by atoms with Crippen LogP contribution in [0.4, 0.5) is 26.3 Å². The average Bonchev–Trinajstić information content (AvgIpc) is 2.67. The Morgan fingerprint density at radius 2 is 1.29 bits per heavy atom. The van der Waals surface area contributed by atoms with Crippen LogP contribution in [0.5, 0.6) is 5.75 Å². The van der Waals surface area contributed by atoms with Crippen LogP contribution in [0.2, 0.25) is 0 Å². The summed E-state index contributed by atoms with van der Waals surface area (Å²) in [4.78, 5) is 6.10. The van der Waals surface area contributed by atoms with Crippen molar-refractivity contribution in [1.29, 1.82) is 0 Å². The molecular formula is C25H44BF6N4OS. The third-order valence-corrected chi connectivity index (χ3v) is 4.29. The van der Waals surface area contributed by atoms with Gasteiger partial charge in [-0.25, -0.2) is 4.98 Å². The van der Waals surface area contributed by atoms with E-state index in [0.29, 0.717) is 11.1 Å². The van der Waals surface area contributed by atoms with Crippen LogP contribution in [0.15, 0.2) is 47.0 Å². The molecule has 5 nitrogen and oxygen atoms in total. The number of hydrogen-bond acceptors (Lipinski definition) is 6. The van der Waals surface area contributed by atoms with Crippen molar-refractivity contribution in [3.8, 4) is 5.75 Å². The molecule has 3 rings (SSSR count). The number of halogens is 6. The van der Waals surface area contributed by atoms with Gasteiger partial charge in [-0.2, -0.15) is 26.3 Å². The van der Waals surface area contributed by atoms with E-state index in [4.69, 9.17) is 5.11 Å². The van der Waals surface area contributed by atoms with Crippen LogP contribution in [-0.4, -0.2) is 33.8 Å². The molecular weight excluding hydrogens is 529 g/mol. The first kappa shape index (κ1) is 45.8. The van der Waals surface area contributed by atoms with E-state index < -0.39 is 29.5 Å². The van der Waals surface area contributed by atoms with E-state index in [1.807, 2.05) is 0 Å². The molecule has 1 saturated heterocycles. The maximum atomic E-state index is 11.8. The molecule has 2 aromatic rings. The van der Waals surface area contributed by atoms with E-state index >= 15 is 0 Å². The SMILES string of the molecule is C.C.C.C.CC1(C)CCCC(C)(C)N1.FC(F)(F)c1ccccn1.Oc1cccnc1C(F)(F)F.[B]=NS. The van der Waals surface area contributed by atoms with Crippen LogP contribution in [0, 0.1) is 0 Å². The first-order valence-electron chi connectivity index (χ1n) is 9.98. The van der Waals surface area contributed by atoms with Gasteiger partial charge in [0.2, 0.25) is 0 Å². The summed E-state index contributed by atoms with van der Waals surface area (Å²) in [6.07, 6.45) is -2.81. The number of pyridine rings is 2. The van der Waals surface area contributed by atoms with E-state index in [1.165, 1.54) is 37.5 Å². The summed E-state index contributed by atoms with van der Waals surface area (Å²) in [6.45, 7) is 9.14. The first-order chi connectivity index (χ1) is 15.4. The summed E-state index contributed by atoms with van der Waals surface area (Å²) in [5, 5.41) is 12.3. The Hall–Kier alpha value is -2.15. The molecule has 0 amide bonds. The van der Waals surface area contributed by atoms with Gasteiger partial charge in [0.15, 0.2) is 5.69 Å². The molecule has 0 bridgehead atoms. The summed E-state index contributed by atoms with van der Waals surface area (Å²) < 4.78 is 73.3. The molecule has 0 aliphatic carbocycles. The molecule has 0 atom stereocenters. The Morgan fingerprint density at radius 1 is 0.842 bits per heavy atom. The third-order valence-electron chi connectivity index (χ3n) is 4.29. The Morgan fingerprint density at radius 3 is 1.53 bits per heavy atom. The molecule has 2 N–H and O–H groups in total. The molecule has 38 heavy (non-hydrogen) atoms. The molecule has 0 saturated carbocycles. The van der Waals surface area contributed by atoms with Gasteiger partial charge in [-0.15, -0.1) is 0 Å². The third kappa shape index (κ3) is 19.9. The fourth-order valence-corrected chi connectivity index (χ4v) is 3.16. The summed E-state index contributed by atoms with van der Waals surface area (Å²) >= 11 is 3.19. The van der Waals surface area contributed by atoms with Gasteiger partial charge in [-0.05, 0) is 71.2 Å². The van der Waals surface area contributed by atoms with E-state index in [9.17, 15) is 26.3 Å². The second-order valence-corrected chi connectivity index (χ2v) is 8.67. The quantitative estimate of drug-likeness (QED) is 0.167. The number of thiol groups is 1. The van der Waals surface area contributed by atoms with Gasteiger partial charge >= 0.3 is 37.1 Å². The zero-order valence-electron chi connectivity index (χ0n) is 19.2. The zero-order valence-corrected chi connectivity index (χ0v) is 20.1. The Labute approximate surface area is 231 Å². The van der Waals surface area contributed by atoms with Crippen molar-refractivity contribution >= 4 is 20.5 Å². The predicted octanol–water partition coefficient (Wildman–Crippen LogP) is 8.95. The fraction of sp³-hybridized carbons (Fsp3) is 0.600. The minimum atomic E-state index is -4.58. The molecule has 221 valence electrons. The van der Waals surface area contributed by atoms with Crippen molar-refractivity contribution in [2.45, 2.75) is 100 Å². The molecule has 0 aromatic carbocycles. The molecule has 1 radical (unpaired) electrons. The molecule has 1 fully saturated rings. The number of rotatable bonds is 0. The van der Waals surface area contributed by atoms with E-state index in [2.05, 4.69) is 67.7 Å². The van der Waals surface area contributed by atoms with Crippen molar-refractivity contribution in [2.24, 2.45) is 4.30 Å². The van der Waals surface area contributed by atoms with Crippen LogP contribution in [-0.2, 0) is 12.4 Å². The second-order valence-electron chi connectivity index (χ2n) is 8.44.